The largest absolute Gasteiger partial charge is 0.465 e. The maximum absolute atomic E-state index is 12.3. The number of esters is 2. The summed E-state index contributed by atoms with van der Waals surface area (Å²) in [6.45, 7) is 3.61. The van der Waals surface area contributed by atoms with Gasteiger partial charge in [-0.25, -0.2) is 0 Å². The van der Waals surface area contributed by atoms with E-state index in [0.717, 1.165) is 0 Å². The number of Topliss-reactive ketones (excluding diaryl/α,β-unsaturated/α-hetero) is 2. The molecule has 6 heteroatoms. The van der Waals surface area contributed by atoms with Crippen LogP contribution in [-0.4, -0.2) is 36.7 Å². The van der Waals surface area contributed by atoms with Gasteiger partial charge in [-0.2, -0.15) is 0 Å². The molecular formula is C14H18O6. The molecule has 3 saturated carbocycles. The van der Waals surface area contributed by atoms with Crippen molar-refractivity contribution < 1.29 is 28.7 Å². The number of carbonyl (C=O) groups excluding carboxylic acids is 4. The highest BCUT2D eigenvalue weighted by atomic mass is 16.5. The number of rotatable bonds is 4. The summed E-state index contributed by atoms with van der Waals surface area (Å²) in [6, 6.07) is 0. The number of hydrogen-bond donors (Lipinski definition) is 0. The third-order valence-corrected chi connectivity index (χ3v) is 4.30. The zero-order chi connectivity index (χ0) is 15.0. The maximum Gasteiger partial charge on any atom is 0.320 e. The van der Waals surface area contributed by atoms with Crippen LogP contribution in [0.2, 0.25) is 0 Å². The van der Waals surface area contributed by atoms with Crippen LogP contribution in [0, 0.1) is 10.8 Å². The van der Waals surface area contributed by atoms with E-state index in [1.165, 1.54) is 0 Å². The first-order valence-corrected chi connectivity index (χ1v) is 6.84. The molecule has 110 valence electrons. The summed E-state index contributed by atoms with van der Waals surface area (Å²) < 4.78 is 9.86. The molecule has 0 aromatic carbocycles. The van der Waals surface area contributed by atoms with Crippen molar-refractivity contribution in [3.63, 3.8) is 0 Å². The zero-order valence-electron chi connectivity index (χ0n) is 11.7. The van der Waals surface area contributed by atoms with Crippen LogP contribution in [0.25, 0.3) is 0 Å². The molecule has 0 aromatic rings. The van der Waals surface area contributed by atoms with Crippen LogP contribution in [-0.2, 0) is 28.7 Å². The Morgan fingerprint density at radius 3 is 1.50 bits per heavy atom. The number of ketones is 2. The second kappa shape index (κ2) is 5.00. The molecule has 3 aliphatic rings. The minimum absolute atomic E-state index is 0.158. The second-order valence-electron chi connectivity index (χ2n) is 5.31. The highest BCUT2D eigenvalue weighted by molar-refractivity contribution is 6.19. The van der Waals surface area contributed by atoms with Crippen molar-refractivity contribution in [1.29, 1.82) is 0 Å². The van der Waals surface area contributed by atoms with E-state index in [0.29, 0.717) is 0 Å². The van der Waals surface area contributed by atoms with Crippen molar-refractivity contribution in [3.05, 3.63) is 0 Å². The maximum atomic E-state index is 12.3. The molecule has 2 atom stereocenters. The Balaban J connectivity index is 2.30. The molecule has 3 rings (SSSR count). The Kier molecular flexibility index (Phi) is 3.67. The van der Waals surface area contributed by atoms with Crippen LogP contribution in [0.15, 0.2) is 0 Å². The quantitative estimate of drug-likeness (QED) is 0.560. The molecule has 6 nitrogen and oxygen atoms in total. The molecule has 3 aliphatic carbocycles. The number of fused-ring (bicyclic) bond motifs is 3. The minimum atomic E-state index is -1.37. The lowest BCUT2D eigenvalue weighted by molar-refractivity contribution is -0.184. The summed E-state index contributed by atoms with van der Waals surface area (Å²) in [5.74, 6) is -2.05. The van der Waals surface area contributed by atoms with E-state index in [4.69, 9.17) is 9.47 Å². The molecule has 0 heterocycles. The fourth-order valence-corrected chi connectivity index (χ4v) is 3.08. The Morgan fingerprint density at radius 2 is 1.25 bits per heavy atom. The van der Waals surface area contributed by atoms with Gasteiger partial charge < -0.3 is 9.47 Å². The summed E-state index contributed by atoms with van der Waals surface area (Å²) in [7, 11) is 0. The van der Waals surface area contributed by atoms with Crippen LogP contribution in [0.5, 0.6) is 0 Å². The van der Waals surface area contributed by atoms with Gasteiger partial charge in [0.2, 0.25) is 0 Å². The highest BCUT2D eigenvalue weighted by Crippen LogP contribution is 2.53. The van der Waals surface area contributed by atoms with E-state index in [9.17, 15) is 19.2 Å². The third kappa shape index (κ3) is 1.85. The van der Waals surface area contributed by atoms with Gasteiger partial charge in [0.25, 0.3) is 0 Å². The molecule has 0 N–H and O–H groups in total. The average Bonchev–Trinajstić information content (AvgIpc) is 2.41. The van der Waals surface area contributed by atoms with Crippen LogP contribution in [0.3, 0.4) is 0 Å². The lowest BCUT2D eigenvalue weighted by atomic mass is 9.52. The first kappa shape index (κ1) is 14.7. The molecule has 0 aromatic heterocycles. The number of carbonyl (C=O) groups is 4. The van der Waals surface area contributed by atoms with Gasteiger partial charge in [0.05, 0.1) is 13.2 Å². The fraction of sp³-hybridized carbons (Fsp3) is 0.714. The Morgan fingerprint density at radius 1 is 0.900 bits per heavy atom. The normalized spacial score (nSPS) is 32.1. The molecule has 0 saturated heterocycles. The Bertz CT molecular complexity index is 438. The monoisotopic (exact) mass is 282 g/mol. The molecule has 2 unspecified atom stereocenters. The molecular weight excluding hydrogens is 264 g/mol. The molecule has 2 bridgehead atoms. The van der Waals surface area contributed by atoms with Gasteiger partial charge in [-0.15, -0.1) is 0 Å². The summed E-state index contributed by atoms with van der Waals surface area (Å²) in [5.41, 5.74) is -2.75. The van der Waals surface area contributed by atoms with Gasteiger partial charge in [-0.1, -0.05) is 0 Å². The van der Waals surface area contributed by atoms with E-state index >= 15 is 0 Å². The van der Waals surface area contributed by atoms with Gasteiger partial charge in [-0.3, -0.25) is 19.2 Å². The third-order valence-electron chi connectivity index (χ3n) is 4.30. The van der Waals surface area contributed by atoms with Crippen molar-refractivity contribution in [1.82, 2.24) is 0 Å². The van der Waals surface area contributed by atoms with Crippen LogP contribution >= 0.6 is 0 Å². The molecule has 0 radical (unpaired) electrons. The van der Waals surface area contributed by atoms with Crippen molar-refractivity contribution in [2.45, 2.75) is 39.5 Å². The number of ether oxygens (including phenoxy) is 2. The van der Waals surface area contributed by atoms with Crippen LogP contribution < -0.4 is 0 Å². The molecule has 20 heavy (non-hydrogen) atoms. The van der Waals surface area contributed by atoms with Gasteiger partial charge in [0, 0.05) is 12.8 Å². The summed E-state index contributed by atoms with van der Waals surface area (Å²) in [6.07, 6.45) is -0.141. The molecule has 3 fully saturated rings. The predicted octanol–water partition coefficient (Wildman–Crippen LogP) is 0.811. The summed E-state index contributed by atoms with van der Waals surface area (Å²) in [4.78, 5) is 48.6. The smallest absolute Gasteiger partial charge is 0.320 e. The fourth-order valence-electron chi connectivity index (χ4n) is 3.08. The van der Waals surface area contributed by atoms with E-state index in [1.54, 1.807) is 13.8 Å². The second-order valence-corrected chi connectivity index (χ2v) is 5.31. The van der Waals surface area contributed by atoms with Crippen LogP contribution in [0.1, 0.15) is 39.5 Å². The van der Waals surface area contributed by atoms with Gasteiger partial charge in [0.1, 0.15) is 10.8 Å². The van der Waals surface area contributed by atoms with E-state index in [2.05, 4.69) is 0 Å². The average molecular weight is 282 g/mol. The van der Waals surface area contributed by atoms with Gasteiger partial charge in [-0.05, 0) is 26.7 Å². The van der Waals surface area contributed by atoms with Crippen molar-refractivity contribution in [2.75, 3.05) is 13.2 Å². The lowest BCUT2D eigenvalue weighted by Crippen LogP contribution is -2.60. The molecule has 0 amide bonds. The zero-order valence-corrected chi connectivity index (χ0v) is 11.7. The SMILES string of the molecule is CCOC(=O)C12CCC(C(=O)OCC)(CC1=O)C(=O)C2. The summed E-state index contributed by atoms with van der Waals surface area (Å²) in [5, 5.41) is 0. The standard InChI is InChI=1S/C14H18O6/c1-3-19-11(17)13-5-6-14(8-9(13)15,10(16)7-13)12(18)20-4-2/h3-8H2,1-2H3. The topological polar surface area (TPSA) is 86.7 Å². The highest BCUT2D eigenvalue weighted by Gasteiger charge is 2.66. The first-order valence-electron chi connectivity index (χ1n) is 6.84. The number of hydrogen-bond acceptors (Lipinski definition) is 6. The minimum Gasteiger partial charge on any atom is -0.465 e. The first-order chi connectivity index (χ1) is 9.43. The van der Waals surface area contributed by atoms with E-state index in [1.807, 2.05) is 0 Å². The molecule has 0 spiro atoms. The van der Waals surface area contributed by atoms with Crippen molar-refractivity contribution in [2.24, 2.45) is 10.8 Å². The summed E-state index contributed by atoms with van der Waals surface area (Å²) >= 11 is 0. The Labute approximate surface area is 116 Å². The molecule has 0 aliphatic heterocycles. The van der Waals surface area contributed by atoms with Crippen LogP contribution in [0.4, 0.5) is 0 Å². The van der Waals surface area contributed by atoms with Crippen molar-refractivity contribution in [3.8, 4) is 0 Å². The van der Waals surface area contributed by atoms with Gasteiger partial charge >= 0.3 is 11.9 Å². The van der Waals surface area contributed by atoms with Crippen molar-refractivity contribution >= 4 is 23.5 Å². The van der Waals surface area contributed by atoms with E-state index < -0.39 is 22.8 Å². The predicted molar refractivity (Wildman–Crippen MR) is 66.6 cm³/mol. The lowest BCUT2D eigenvalue weighted by Gasteiger charge is -2.47. The van der Waals surface area contributed by atoms with E-state index in [-0.39, 0.29) is 50.5 Å². The van der Waals surface area contributed by atoms with Gasteiger partial charge in [0.15, 0.2) is 11.6 Å². The Hall–Kier alpha value is -1.72.